The van der Waals surface area contributed by atoms with E-state index in [1.807, 2.05) is 13.0 Å². The van der Waals surface area contributed by atoms with Crippen molar-refractivity contribution < 1.29 is 0 Å². The van der Waals surface area contributed by atoms with Gasteiger partial charge in [-0.25, -0.2) is 4.98 Å². The fraction of sp³-hybridized carbons (Fsp3) is 0.643. The van der Waals surface area contributed by atoms with Gasteiger partial charge in [-0.05, 0) is 31.6 Å². The summed E-state index contributed by atoms with van der Waals surface area (Å²) >= 11 is 6.09. The maximum absolute atomic E-state index is 6.09. The van der Waals surface area contributed by atoms with Gasteiger partial charge in [-0.3, -0.25) is 0 Å². The number of anilines is 1. The van der Waals surface area contributed by atoms with Crippen LogP contribution in [0.2, 0.25) is 0 Å². The van der Waals surface area contributed by atoms with Crippen LogP contribution in [0.15, 0.2) is 12.4 Å². The Morgan fingerprint density at radius 3 is 2.95 bits per heavy atom. The number of hydrogen-bond acceptors (Lipinski definition) is 4. The third kappa shape index (κ3) is 2.73. The van der Waals surface area contributed by atoms with Gasteiger partial charge in [0.1, 0.15) is 12.1 Å². The number of hydrogen-bond donors (Lipinski definition) is 1. The fourth-order valence-corrected chi connectivity index (χ4v) is 3.45. The first kappa shape index (κ1) is 13.6. The van der Waals surface area contributed by atoms with Crippen LogP contribution in [0.25, 0.3) is 5.78 Å². The van der Waals surface area contributed by atoms with E-state index in [-0.39, 0.29) is 0 Å². The highest BCUT2D eigenvalue weighted by atomic mass is 35.5. The SMILES string of the molecule is Cc1cc(NCC2CCCCC2CCl)n2ncnc2n1. The Morgan fingerprint density at radius 1 is 1.35 bits per heavy atom. The molecule has 1 aliphatic carbocycles. The lowest BCUT2D eigenvalue weighted by Crippen LogP contribution is -2.28. The zero-order chi connectivity index (χ0) is 13.9. The van der Waals surface area contributed by atoms with Crippen LogP contribution in [0.4, 0.5) is 5.82 Å². The third-order valence-electron chi connectivity index (χ3n) is 4.19. The van der Waals surface area contributed by atoms with E-state index >= 15 is 0 Å². The third-order valence-corrected chi connectivity index (χ3v) is 4.59. The van der Waals surface area contributed by atoms with Crippen LogP contribution < -0.4 is 5.32 Å². The van der Waals surface area contributed by atoms with Crippen molar-refractivity contribution in [3.8, 4) is 0 Å². The molecule has 2 unspecified atom stereocenters. The van der Waals surface area contributed by atoms with Crippen molar-refractivity contribution in [3.05, 3.63) is 18.1 Å². The van der Waals surface area contributed by atoms with E-state index in [1.54, 1.807) is 4.52 Å². The number of halogens is 1. The van der Waals surface area contributed by atoms with Crippen molar-refractivity contribution in [2.75, 3.05) is 17.7 Å². The predicted molar refractivity (Wildman–Crippen MR) is 80.2 cm³/mol. The molecule has 1 saturated carbocycles. The molecular weight excluding hydrogens is 274 g/mol. The van der Waals surface area contributed by atoms with Gasteiger partial charge in [0.15, 0.2) is 0 Å². The highest BCUT2D eigenvalue weighted by Gasteiger charge is 2.24. The first-order chi connectivity index (χ1) is 9.78. The van der Waals surface area contributed by atoms with Gasteiger partial charge in [-0.2, -0.15) is 14.6 Å². The Balaban J connectivity index is 1.74. The molecule has 1 fully saturated rings. The second-order valence-corrected chi connectivity index (χ2v) is 5.90. The summed E-state index contributed by atoms with van der Waals surface area (Å²) in [5.41, 5.74) is 0.950. The van der Waals surface area contributed by atoms with Crippen LogP contribution in [-0.4, -0.2) is 32.0 Å². The molecule has 5 nitrogen and oxygen atoms in total. The van der Waals surface area contributed by atoms with Crippen LogP contribution in [-0.2, 0) is 0 Å². The van der Waals surface area contributed by atoms with Crippen molar-refractivity contribution in [1.82, 2.24) is 19.6 Å². The lowest BCUT2D eigenvalue weighted by molar-refractivity contribution is 0.271. The first-order valence-corrected chi connectivity index (χ1v) is 7.78. The Morgan fingerprint density at radius 2 is 2.15 bits per heavy atom. The molecular formula is C14H20ClN5. The molecule has 0 saturated heterocycles. The second-order valence-electron chi connectivity index (χ2n) is 5.59. The summed E-state index contributed by atoms with van der Waals surface area (Å²) in [6.07, 6.45) is 6.68. The van der Waals surface area contributed by atoms with Crippen molar-refractivity contribution >= 4 is 23.2 Å². The largest absolute Gasteiger partial charge is 0.370 e. The lowest BCUT2D eigenvalue weighted by Gasteiger charge is -2.30. The Labute approximate surface area is 123 Å². The molecule has 0 radical (unpaired) electrons. The standard InChI is InChI=1S/C14H20ClN5/c1-10-6-13(20-14(19-10)17-9-18-20)16-8-12-5-3-2-4-11(12)7-15/h6,9,11-12,16H,2-5,7-8H2,1H3. The molecule has 2 atom stereocenters. The van der Waals surface area contributed by atoms with Gasteiger partial charge in [-0.15, -0.1) is 11.6 Å². The summed E-state index contributed by atoms with van der Waals surface area (Å²) in [7, 11) is 0. The van der Waals surface area contributed by atoms with Gasteiger partial charge < -0.3 is 5.32 Å². The fourth-order valence-electron chi connectivity index (χ4n) is 3.05. The van der Waals surface area contributed by atoms with Crippen LogP contribution in [0.3, 0.4) is 0 Å². The van der Waals surface area contributed by atoms with Crippen LogP contribution >= 0.6 is 11.6 Å². The Kier molecular flexibility index (Phi) is 4.05. The summed E-state index contributed by atoms with van der Waals surface area (Å²) in [4.78, 5) is 8.50. The maximum Gasteiger partial charge on any atom is 0.254 e. The summed E-state index contributed by atoms with van der Waals surface area (Å²) in [5, 5.41) is 7.73. The number of aryl methyl sites for hydroxylation is 1. The molecule has 0 aliphatic heterocycles. The van der Waals surface area contributed by atoms with Gasteiger partial charge in [0, 0.05) is 24.2 Å². The van der Waals surface area contributed by atoms with E-state index in [2.05, 4.69) is 20.4 Å². The van der Waals surface area contributed by atoms with Crippen molar-refractivity contribution in [3.63, 3.8) is 0 Å². The van der Waals surface area contributed by atoms with Crippen molar-refractivity contribution in [2.24, 2.45) is 11.8 Å². The molecule has 20 heavy (non-hydrogen) atoms. The van der Waals surface area contributed by atoms with E-state index in [0.29, 0.717) is 17.6 Å². The summed E-state index contributed by atoms with van der Waals surface area (Å²) < 4.78 is 1.76. The van der Waals surface area contributed by atoms with Crippen LogP contribution in [0.5, 0.6) is 0 Å². The van der Waals surface area contributed by atoms with E-state index in [1.165, 1.54) is 32.0 Å². The number of rotatable bonds is 4. The molecule has 2 aromatic heterocycles. The lowest BCUT2D eigenvalue weighted by atomic mass is 9.80. The number of nitrogens with zero attached hydrogens (tertiary/aromatic N) is 4. The molecule has 3 rings (SSSR count). The topological polar surface area (TPSA) is 55.1 Å². The molecule has 0 bridgehead atoms. The first-order valence-electron chi connectivity index (χ1n) is 7.25. The maximum atomic E-state index is 6.09. The van der Waals surface area contributed by atoms with E-state index < -0.39 is 0 Å². The molecule has 2 heterocycles. The smallest absolute Gasteiger partial charge is 0.254 e. The summed E-state index contributed by atoms with van der Waals surface area (Å²) in [6, 6.07) is 2.01. The van der Waals surface area contributed by atoms with Crippen molar-refractivity contribution in [2.45, 2.75) is 32.6 Å². The average molecular weight is 294 g/mol. The highest BCUT2D eigenvalue weighted by Crippen LogP contribution is 2.31. The molecule has 108 valence electrons. The summed E-state index contributed by atoms with van der Waals surface area (Å²) in [5.74, 6) is 3.65. The number of fused-ring (bicyclic) bond motifs is 1. The van der Waals surface area contributed by atoms with Gasteiger partial charge in [0.2, 0.25) is 0 Å². The highest BCUT2D eigenvalue weighted by molar-refractivity contribution is 6.18. The van der Waals surface area contributed by atoms with E-state index in [9.17, 15) is 0 Å². The Bertz CT molecular complexity index is 582. The normalized spacial score (nSPS) is 23.1. The second kappa shape index (κ2) is 5.95. The Hall–Kier alpha value is -1.36. The number of nitrogens with one attached hydrogen (secondary N) is 1. The quantitative estimate of drug-likeness (QED) is 0.881. The number of alkyl halides is 1. The van der Waals surface area contributed by atoms with Crippen molar-refractivity contribution in [1.29, 1.82) is 0 Å². The van der Waals surface area contributed by atoms with Gasteiger partial charge >= 0.3 is 0 Å². The molecule has 1 N–H and O–H groups in total. The molecule has 0 aromatic carbocycles. The van der Waals surface area contributed by atoms with Gasteiger partial charge in [0.05, 0.1) is 0 Å². The predicted octanol–water partition coefficient (Wildman–Crippen LogP) is 2.89. The summed E-state index contributed by atoms with van der Waals surface area (Å²) in [6.45, 7) is 2.91. The monoisotopic (exact) mass is 293 g/mol. The zero-order valence-corrected chi connectivity index (χ0v) is 12.5. The molecule has 6 heteroatoms. The minimum Gasteiger partial charge on any atom is -0.370 e. The van der Waals surface area contributed by atoms with Crippen LogP contribution in [0, 0.1) is 18.8 Å². The van der Waals surface area contributed by atoms with E-state index in [0.717, 1.165) is 23.9 Å². The molecule has 0 amide bonds. The zero-order valence-electron chi connectivity index (χ0n) is 11.7. The molecule has 1 aliphatic rings. The van der Waals surface area contributed by atoms with Crippen LogP contribution in [0.1, 0.15) is 31.4 Å². The van der Waals surface area contributed by atoms with E-state index in [4.69, 9.17) is 11.6 Å². The molecule has 0 spiro atoms. The van der Waals surface area contributed by atoms with Gasteiger partial charge in [0.25, 0.3) is 5.78 Å². The number of aromatic nitrogens is 4. The van der Waals surface area contributed by atoms with Gasteiger partial charge in [-0.1, -0.05) is 12.8 Å². The average Bonchev–Trinajstić information content (AvgIpc) is 2.93. The minimum absolute atomic E-state index is 0.632. The molecule has 2 aromatic rings. The minimum atomic E-state index is 0.632.